The van der Waals surface area contributed by atoms with Crippen LogP contribution >= 0.6 is 0 Å². The van der Waals surface area contributed by atoms with Crippen molar-refractivity contribution in [3.63, 3.8) is 0 Å². The third kappa shape index (κ3) is 5.31. The Morgan fingerprint density at radius 3 is 2.55 bits per heavy atom. The number of Topliss-reactive ketones (excluding diaryl/α,β-unsaturated/α-hetero) is 1. The molecule has 1 saturated heterocycles. The Morgan fingerprint density at radius 1 is 1.15 bits per heavy atom. The molecule has 1 amide bonds. The van der Waals surface area contributed by atoms with Gasteiger partial charge < -0.3 is 15.0 Å². The lowest BCUT2D eigenvalue weighted by molar-refractivity contribution is -0.125. The summed E-state index contributed by atoms with van der Waals surface area (Å²) >= 11 is 0. The van der Waals surface area contributed by atoms with Gasteiger partial charge in [0, 0.05) is 55.2 Å². The molecule has 33 heavy (non-hydrogen) atoms. The average molecular weight is 452 g/mol. The summed E-state index contributed by atoms with van der Waals surface area (Å²) in [6.45, 7) is 6.62. The highest BCUT2D eigenvalue weighted by Crippen LogP contribution is 2.38. The lowest BCUT2D eigenvalue weighted by Crippen LogP contribution is -2.40. The van der Waals surface area contributed by atoms with Crippen molar-refractivity contribution in [3.05, 3.63) is 29.5 Å². The van der Waals surface area contributed by atoms with E-state index >= 15 is 0 Å². The van der Waals surface area contributed by atoms with Crippen molar-refractivity contribution < 1.29 is 14.3 Å². The Labute approximate surface area is 197 Å². The first kappa shape index (κ1) is 23.5. The normalized spacial score (nSPS) is 16.8. The molecule has 1 aliphatic carbocycles. The van der Waals surface area contributed by atoms with E-state index in [4.69, 9.17) is 4.74 Å². The van der Waals surface area contributed by atoms with Gasteiger partial charge in [-0.3, -0.25) is 14.6 Å². The molecule has 2 heterocycles. The Morgan fingerprint density at radius 2 is 1.91 bits per heavy atom. The topological polar surface area (TPSA) is 71.5 Å². The largest absolute Gasteiger partial charge is 0.495 e. The van der Waals surface area contributed by atoms with Crippen LogP contribution in [0, 0.1) is 11.8 Å². The minimum Gasteiger partial charge on any atom is -0.495 e. The van der Waals surface area contributed by atoms with Gasteiger partial charge in [0.15, 0.2) is 5.78 Å². The summed E-state index contributed by atoms with van der Waals surface area (Å²) in [4.78, 5) is 32.3. The zero-order valence-corrected chi connectivity index (χ0v) is 20.3. The zero-order valence-electron chi connectivity index (χ0n) is 20.3. The summed E-state index contributed by atoms with van der Waals surface area (Å²) in [5, 5.41) is 4.12. The number of ketones is 1. The van der Waals surface area contributed by atoms with E-state index in [0.717, 1.165) is 85.2 Å². The van der Waals surface area contributed by atoms with Gasteiger partial charge in [0.1, 0.15) is 5.75 Å². The minimum atomic E-state index is 0.0732. The van der Waals surface area contributed by atoms with Crippen LogP contribution < -0.4 is 15.0 Å². The highest BCUT2D eigenvalue weighted by atomic mass is 16.5. The molecule has 0 unspecified atom stereocenters. The molecule has 1 N–H and O–H groups in total. The molecule has 4 rings (SSSR count). The standard InChI is InChI=1S/C27H37N3O3/c1-4-6-11-28-27(32)19-9-12-30(13-10-19)24-15-21-20(5-2)22(25(31)14-18-7-8-18)17-29-23(21)16-26(24)33-3/h15-19H,4-14H2,1-3H3,(H,28,32). The number of carbonyl (C=O) groups is 2. The first-order chi connectivity index (χ1) is 16.0. The molecule has 0 atom stereocenters. The number of hydrogen-bond donors (Lipinski definition) is 1. The third-order valence-electron chi connectivity index (χ3n) is 7.14. The number of ether oxygens (including phenoxy) is 1. The van der Waals surface area contributed by atoms with Crippen molar-refractivity contribution in [1.82, 2.24) is 10.3 Å². The van der Waals surface area contributed by atoms with Crippen molar-refractivity contribution in [2.75, 3.05) is 31.6 Å². The third-order valence-corrected chi connectivity index (χ3v) is 7.14. The van der Waals surface area contributed by atoms with Gasteiger partial charge in [-0.25, -0.2) is 0 Å². The molecular formula is C27H37N3O3. The molecule has 0 spiro atoms. The van der Waals surface area contributed by atoms with Crippen LogP contribution in [0.4, 0.5) is 5.69 Å². The number of aromatic nitrogens is 1. The highest BCUT2D eigenvalue weighted by molar-refractivity contribution is 6.02. The summed E-state index contributed by atoms with van der Waals surface area (Å²) < 4.78 is 5.73. The Balaban J connectivity index is 1.57. The second-order valence-electron chi connectivity index (χ2n) is 9.52. The summed E-state index contributed by atoms with van der Waals surface area (Å²) in [6, 6.07) is 4.14. The molecular weight excluding hydrogens is 414 g/mol. The van der Waals surface area contributed by atoms with Crippen molar-refractivity contribution >= 4 is 28.3 Å². The van der Waals surface area contributed by atoms with E-state index in [9.17, 15) is 9.59 Å². The van der Waals surface area contributed by atoms with Crippen LogP contribution in [0.2, 0.25) is 0 Å². The number of rotatable bonds is 10. The fraction of sp³-hybridized carbons (Fsp3) is 0.593. The Hall–Kier alpha value is -2.63. The smallest absolute Gasteiger partial charge is 0.223 e. The number of anilines is 1. The number of methoxy groups -OCH3 is 1. The molecule has 2 fully saturated rings. The van der Waals surface area contributed by atoms with Gasteiger partial charge in [0.2, 0.25) is 5.91 Å². The van der Waals surface area contributed by atoms with Crippen LogP contribution in [0.1, 0.15) is 74.7 Å². The van der Waals surface area contributed by atoms with Crippen LogP contribution in [-0.4, -0.2) is 43.4 Å². The monoisotopic (exact) mass is 451 g/mol. The molecule has 1 aromatic carbocycles. The zero-order chi connectivity index (χ0) is 23.4. The number of benzene rings is 1. The van der Waals surface area contributed by atoms with Gasteiger partial charge in [-0.2, -0.15) is 0 Å². The van der Waals surface area contributed by atoms with Gasteiger partial charge in [-0.05, 0) is 56.1 Å². The van der Waals surface area contributed by atoms with Crippen LogP contribution in [0.3, 0.4) is 0 Å². The van der Waals surface area contributed by atoms with Gasteiger partial charge in [0.25, 0.3) is 0 Å². The van der Waals surface area contributed by atoms with Gasteiger partial charge in [0.05, 0.1) is 18.3 Å². The second kappa shape index (κ2) is 10.5. The molecule has 178 valence electrons. The predicted molar refractivity (Wildman–Crippen MR) is 132 cm³/mol. The summed E-state index contributed by atoms with van der Waals surface area (Å²) in [7, 11) is 1.69. The number of carbonyl (C=O) groups excluding carboxylic acids is 2. The van der Waals surface area contributed by atoms with E-state index in [-0.39, 0.29) is 17.6 Å². The molecule has 6 nitrogen and oxygen atoms in total. The molecule has 2 aliphatic rings. The summed E-state index contributed by atoms with van der Waals surface area (Å²) in [6.07, 6.45) is 9.29. The first-order valence-electron chi connectivity index (χ1n) is 12.6. The predicted octanol–water partition coefficient (Wildman–Crippen LogP) is 4.92. The summed E-state index contributed by atoms with van der Waals surface area (Å²) in [5.74, 6) is 1.83. The maximum absolute atomic E-state index is 12.9. The number of nitrogens with zero attached hydrogens (tertiary/aromatic N) is 2. The number of pyridine rings is 1. The van der Waals surface area contributed by atoms with E-state index < -0.39 is 0 Å². The van der Waals surface area contributed by atoms with E-state index in [0.29, 0.717) is 12.3 Å². The maximum atomic E-state index is 12.9. The number of fused-ring (bicyclic) bond motifs is 1. The number of piperidine rings is 1. The van der Waals surface area contributed by atoms with Crippen molar-refractivity contribution in [1.29, 1.82) is 0 Å². The number of aryl methyl sites for hydroxylation is 1. The lowest BCUT2D eigenvalue weighted by Gasteiger charge is -2.34. The van der Waals surface area contributed by atoms with Gasteiger partial charge in [-0.1, -0.05) is 20.3 Å². The van der Waals surface area contributed by atoms with Gasteiger partial charge >= 0.3 is 0 Å². The quantitative estimate of drug-likeness (QED) is 0.410. The maximum Gasteiger partial charge on any atom is 0.223 e. The highest BCUT2D eigenvalue weighted by Gasteiger charge is 2.28. The van der Waals surface area contributed by atoms with E-state index in [1.165, 1.54) is 12.8 Å². The van der Waals surface area contributed by atoms with Crippen molar-refractivity contribution in [3.8, 4) is 5.75 Å². The molecule has 2 aromatic rings. The van der Waals surface area contributed by atoms with Crippen LogP contribution in [0.25, 0.3) is 10.9 Å². The average Bonchev–Trinajstić information content (AvgIpc) is 3.66. The fourth-order valence-electron chi connectivity index (χ4n) is 4.90. The van der Waals surface area contributed by atoms with Crippen LogP contribution in [-0.2, 0) is 11.2 Å². The minimum absolute atomic E-state index is 0.0732. The molecule has 6 heteroatoms. The van der Waals surface area contributed by atoms with E-state index in [2.05, 4.69) is 35.1 Å². The van der Waals surface area contributed by atoms with E-state index in [1.54, 1.807) is 13.3 Å². The molecule has 1 saturated carbocycles. The molecule has 0 radical (unpaired) electrons. The number of amides is 1. The van der Waals surface area contributed by atoms with Crippen molar-refractivity contribution in [2.24, 2.45) is 11.8 Å². The lowest BCUT2D eigenvalue weighted by atomic mass is 9.94. The summed E-state index contributed by atoms with van der Waals surface area (Å²) in [5.41, 5.74) is 3.74. The first-order valence-corrected chi connectivity index (χ1v) is 12.6. The second-order valence-corrected chi connectivity index (χ2v) is 9.52. The van der Waals surface area contributed by atoms with Crippen LogP contribution in [0.15, 0.2) is 18.3 Å². The molecule has 0 bridgehead atoms. The number of nitrogens with one attached hydrogen (secondary N) is 1. The molecule has 1 aromatic heterocycles. The number of unbranched alkanes of at least 4 members (excludes halogenated alkanes) is 1. The van der Waals surface area contributed by atoms with Crippen LogP contribution in [0.5, 0.6) is 5.75 Å². The Bertz CT molecular complexity index is 1010. The van der Waals surface area contributed by atoms with E-state index in [1.807, 2.05) is 6.07 Å². The fourth-order valence-corrected chi connectivity index (χ4v) is 4.90. The SMILES string of the molecule is CCCCNC(=O)C1CCN(c2cc3c(CC)c(C(=O)CC4CC4)cnc3cc2OC)CC1. The van der Waals surface area contributed by atoms with Crippen molar-refractivity contribution in [2.45, 2.75) is 65.2 Å². The van der Waals surface area contributed by atoms with Gasteiger partial charge in [-0.15, -0.1) is 0 Å². The number of hydrogen-bond acceptors (Lipinski definition) is 5. The molecule has 1 aliphatic heterocycles. The Kier molecular flexibility index (Phi) is 7.51.